The number of rotatable bonds is 9. The maximum atomic E-state index is 12.4. The van der Waals surface area contributed by atoms with Crippen LogP contribution in [-0.2, 0) is 16.1 Å². The molecular weight excluding hydrogens is 372 g/mol. The number of anilines is 1. The number of hydrogen-bond donors (Lipinski definition) is 4. The summed E-state index contributed by atoms with van der Waals surface area (Å²) in [5.74, 6) is -1.29. The van der Waals surface area contributed by atoms with E-state index in [0.29, 0.717) is 11.4 Å². The average Bonchev–Trinajstić information content (AvgIpc) is 2.69. The smallest absolute Gasteiger partial charge is 0.340 e. The molecule has 2 rings (SSSR count). The van der Waals surface area contributed by atoms with E-state index in [2.05, 4.69) is 5.32 Å². The predicted octanol–water partition coefficient (Wildman–Crippen LogP) is 0.961. The molecule has 0 aliphatic rings. The maximum Gasteiger partial charge on any atom is 0.340 e. The molecule has 0 saturated heterocycles. The Kier molecular flexibility index (Phi) is 7.15. The Morgan fingerprint density at radius 1 is 1.14 bits per heavy atom. The Bertz CT molecular complexity index is 853. The van der Waals surface area contributed by atoms with Gasteiger partial charge in [-0.25, -0.2) is 10.0 Å². The van der Waals surface area contributed by atoms with Crippen molar-refractivity contribution in [3.8, 4) is 11.5 Å². The number of hydrogen-bond acceptors (Lipinski definition) is 8. The summed E-state index contributed by atoms with van der Waals surface area (Å²) < 4.78 is 15.5. The molecule has 1 atom stereocenters. The molecule has 4 N–H and O–H groups in total. The maximum absolute atomic E-state index is 12.4. The number of aliphatic carboxylic acids is 1. The number of nitrogens with one attached hydrogen (secondary N) is 2. The van der Waals surface area contributed by atoms with E-state index in [1.54, 1.807) is 18.2 Å². The van der Waals surface area contributed by atoms with Crippen molar-refractivity contribution in [1.29, 1.82) is 0 Å². The first-order chi connectivity index (χ1) is 13.4. The highest BCUT2D eigenvalue weighted by molar-refractivity contribution is 5.96. The normalized spacial score (nSPS) is 11.4. The number of carbonyl (C=O) groups excluding carboxylic acids is 1. The van der Waals surface area contributed by atoms with Crippen LogP contribution < -0.4 is 20.0 Å². The van der Waals surface area contributed by atoms with Crippen LogP contribution in [0.25, 0.3) is 0 Å². The first-order valence-electron chi connectivity index (χ1n) is 8.07. The SMILES string of the molecule is COc1cc(COC(=O)c2ccccc2NCC(=O)O)c([NH+]([O-])O)cc1OC. The third-order valence-electron chi connectivity index (χ3n) is 3.78. The van der Waals surface area contributed by atoms with E-state index in [0.717, 1.165) is 0 Å². The second-order valence-electron chi connectivity index (χ2n) is 5.54. The Hall–Kier alpha value is -3.34. The van der Waals surface area contributed by atoms with Gasteiger partial charge in [-0.2, -0.15) is 5.23 Å². The van der Waals surface area contributed by atoms with E-state index in [1.807, 2.05) is 0 Å². The van der Waals surface area contributed by atoms with E-state index < -0.39 is 17.2 Å². The predicted molar refractivity (Wildman–Crippen MR) is 97.0 cm³/mol. The van der Waals surface area contributed by atoms with Crippen LogP contribution in [-0.4, -0.2) is 43.0 Å². The molecule has 0 aliphatic heterocycles. The number of methoxy groups -OCH3 is 2. The van der Waals surface area contributed by atoms with Gasteiger partial charge in [0.1, 0.15) is 13.2 Å². The van der Waals surface area contributed by atoms with Gasteiger partial charge < -0.3 is 29.8 Å². The van der Waals surface area contributed by atoms with Crippen LogP contribution in [0.5, 0.6) is 11.5 Å². The Labute approximate surface area is 160 Å². The van der Waals surface area contributed by atoms with Crippen molar-refractivity contribution in [3.05, 3.63) is 52.7 Å². The highest BCUT2D eigenvalue weighted by Crippen LogP contribution is 2.32. The van der Waals surface area contributed by atoms with Gasteiger partial charge in [0.25, 0.3) is 0 Å². The van der Waals surface area contributed by atoms with Crippen molar-refractivity contribution in [2.45, 2.75) is 6.61 Å². The van der Waals surface area contributed by atoms with Crippen LogP contribution in [0.15, 0.2) is 36.4 Å². The van der Waals surface area contributed by atoms with E-state index in [9.17, 15) is 20.0 Å². The van der Waals surface area contributed by atoms with Gasteiger partial charge in [-0.05, 0) is 18.2 Å². The minimum Gasteiger partial charge on any atom is -0.595 e. The Morgan fingerprint density at radius 3 is 2.39 bits per heavy atom. The van der Waals surface area contributed by atoms with E-state index in [1.165, 1.54) is 32.4 Å². The minimum absolute atomic E-state index is 0.0947. The molecule has 0 amide bonds. The lowest BCUT2D eigenvalue weighted by molar-refractivity contribution is -0.991. The molecule has 28 heavy (non-hydrogen) atoms. The van der Waals surface area contributed by atoms with Crippen LogP contribution in [0.3, 0.4) is 0 Å². The number of esters is 1. The number of carboxylic acid groups (broad SMARTS) is 1. The topological polar surface area (TPSA) is 142 Å². The van der Waals surface area contributed by atoms with E-state index >= 15 is 0 Å². The van der Waals surface area contributed by atoms with Crippen molar-refractivity contribution in [2.24, 2.45) is 0 Å². The number of carboxylic acids is 1. The average molecular weight is 392 g/mol. The third kappa shape index (κ3) is 5.10. The molecule has 0 bridgehead atoms. The molecule has 0 fully saturated rings. The molecular formula is C18H20N2O8. The molecule has 0 saturated carbocycles. The minimum atomic E-state index is -1.21. The summed E-state index contributed by atoms with van der Waals surface area (Å²) in [4.78, 5) is 23.2. The lowest BCUT2D eigenvalue weighted by Crippen LogP contribution is -2.99. The first kappa shape index (κ1) is 21.0. The summed E-state index contributed by atoms with van der Waals surface area (Å²) in [7, 11) is 2.78. The fourth-order valence-electron chi connectivity index (χ4n) is 2.45. The molecule has 150 valence electrons. The van der Waals surface area contributed by atoms with Crippen molar-refractivity contribution in [2.75, 3.05) is 26.1 Å². The van der Waals surface area contributed by atoms with Crippen molar-refractivity contribution < 1.29 is 39.3 Å². The highest BCUT2D eigenvalue weighted by Gasteiger charge is 2.19. The van der Waals surface area contributed by atoms with Crippen LogP contribution in [0.1, 0.15) is 15.9 Å². The largest absolute Gasteiger partial charge is 0.595 e. The standard InChI is InChI=1S/C18H20N2O8/c1-26-15-7-11(14(20(24)25)8-16(15)27-2)10-28-18(23)12-5-3-4-6-13(12)19-9-17(21)22/h3-8,19-20,24H,9-10H2,1-2H3,(H,21,22). The zero-order valence-electron chi connectivity index (χ0n) is 15.2. The molecule has 0 aliphatic carbocycles. The number of benzene rings is 2. The fourth-order valence-corrected chi connectivity index (χ4v) is 2.45. The van der Waals surface area contributed by atoms with Crippen LogP contribution in [0, 0.1) is 5.21 Å². The van der Waals surface area contributed by atoms with Gasteiger partial charge >= 0.3 is 11.9 Å². The van der Waals surface area contributed by atoms with Gasteiger partial charge in [-0.3, -0.25) is 4.79 Å². The van der Waals surface area contributed by atoms with Gasteiger partial charge in [0, 0.05) is 11.8 Å². The molecule has 10 nitrogen and oxygen atoms in total. The number of quaternary nitrogens is 1. The number of carbonyl (C=O) groups is 2. The molecule has 0 aromatic heterocycles. The van der Waals surface area contributed by atoms with Gasteiger partial charge in [-0.15, -0.1) is 0 Å². The Balaban J connectivity index is 2.22. The Morgan fingerprint density at radius 2 is 1.79 bits per heavy atom. The number of para-hydroxylation sites is 1. The quantitative estimate of drug-likeness (QED) is 0.362. The summed E-state index contributed by atoms with van der Waals surface area (Å²) >= 11 is 0. The van der Waals surface area contributed by atoms with Crippen LogP contribution in [0.4, 0.5) is 11.4 Å². The molecule has 10 heteroatoms. The lowest BCUT2D eigenvalue weighted by Gasteiger charge is -2.18. The van der Waals surface area contributed by atoms with E-state index in [4.69, 9.17) is 19.3 Å². The van der Waals surface area contributed by atoms with Gasteiger partial charge in [0.15, 0.2) is 17.2 Å². The van der Waals surface area contributed by atoms with Crippen LogP contribution in [0.2, 0.25) is 0 Å². The molecule has 2 aromatic rings. The highest BCUT2D eigenvalue weighted by atomic mass is 16.8. The van der Waals surface area contributed by atoms with Gasteiger partial charge in [-0.1, -0.05) is 12.1 Å². The fraction of sp³-hybridized carbons (Fsp3) is 0.222. The summed E-state index contributed by atoms with van der Waals surface area (Å²) in [6, 6.07) is 8.95. The van der Waals surface area contributed by atoms with E-state index in [-0.39, 0.29) is 35.7 Å². The van der Waals surface area contributed by atoms with Crippen LogP contribution >= 0.6 is 0 Å². The molecule has 1 unspecified atom stereocenters. The zero-order chi connectivity index (χ0) is 20.7. The summed E-state index contributed by atoms with van der Waals surface area (Å²) in [5.41, 5.74) is 0.541. The second-order valence-corrected chi connectivity index (χ2v) is 5.54. The second kappa shape index (κ2) is 9.55. The van der Waals surface area contributed by atoms with Crippen molar-refractivity contribution in [1.82, 2.24) is 0 Å². The monoisotopic (exact) mass is 392 g/mol. The molecule has 0 spiro atoms. The van der Waals surface area contributed by atoms with Crippen molar-refractivity contribution >= 4 is 23.3 Å². The van der Waals surface area contributed by atoms with Gasteiger partial charge in [0.05, 0.1) is 25.3 Å². The molecule has 2 aromatic carbocycles. The lowest BCUT2D eigenvalue weighted by atomic mass is 10.1. The molecule has 0 radical (unpaired) electrons. The van der Waals surface area contributed by atoms with Gasteiger partial charge in [0.2, 0.25) is 0 Å². The number of ether oxygens (including phenoxy) is 3. The molecule has 0 heterocycles. The summed E-state index contributed by atoms with van der Waals surface area (Å²) in [6.07, 6.45) is 0. The third-order valence-corrected chi connectivity index (χ3v) is 3.78. The van der Waals surface area contributed by atoms with Crippen molar-refractivity contribution in [3.63, 3.8) is 0 Å². The summed E-state index contributed by atoms with van der Waals surface area (Å²) in [6.45, 7) is -0.697. The first-order valence-corrected chi connectivity index (χ1v) is 8.07. The summed E-state index contributed by atoms with van der Waals surface area (Å²) in [5, 5.41) is 31.1. The zero-order valence-corrected chi connectivity index (χ0v) is 15.2.